The number of ether oxygens (including phenoxy) is 2. The predicted molar refractivity (Wildman–Crippen MR) is 107 cm³/mol. The molecule has 0 spiro atoms. The van der Waals surface area contributed by atoms with E-state index in [9.17, 15) is 9.59 Å². The van der Waals surface area contributed by atoms with Crippen LogP contribution in [0.1, 0.15) is 5.56 Å². The number of carbonyl (C=O) groups excluding carboxylic acids is 2. The SMILES string of the molecule is COc1cc(/C=C2/C(=O)NN(c3ccc(Cl)c(Cl)c3)C2=O)cc(Br)c1OC. The second-order valence-corrected chi connectivity index (χ2v) is 7.14. The Balaban J connectivity index is 1.98. The van der Waals surface area contributed by atoms with Gasteiger partial charge < -0.3 is 9.47 Å². The number of carbonyl (C=O) groups is 2. The molecule has 2 amide bonds. The highest BCUT2D eigenvalue weighted by atomic mass is 79.9. The van der Waals surface area contributed by atoms with E-state index in [1.165, 1.54) is 26.4 Å². The number of methoxy groups -OCH3 is 2. The first-order valence-electron chi connectivity index (χ1n) is 7.59. The monoisotopic (exact) mass is 470 g/mol. The summed E-state index contributed by atoms with van der Waals surface area (Å²) in [4.78, 5) is 25.0. The minimum absolute atomic E-state index is 0.0276. The molecule has 1 aliphatic heterocycles. The van der Waals surface area contributed by atoms with E-state index in [1.54, 1.807) is 24.3 Å². The molecule has 0 aliphatic carbocycles. The molecule has 140 valence electrons. The normalized spacial score (nSPS) is 15.3. The molecular weight excluding hydrogens is 459 g/mol. The fourth-order valence-corrected chi connectivity index (χ4v) is 3.47. The van der Waals surface area contributed by atoms with Crippen LogP contribution in [0.3, 0.4) is 0 Å². The van der Waals surface area contributed by atoms with Crippen LogP contribution in [-0.4, -0.2) is 26.0 Å². The van der Waals surface area contributed by atoms with E-state index in [4.69, 9.17) is 32.7 Å². The fraction of sp³-hybridized carbons (Fsp3) is 0.111. The highest BCUT2D eigenvalue weighted by molar-refractivity contribution is 9.10. The first-order chi connectivity index (χ1) is 12.8. The summed E-state index contributed by atoms with van der Waals surface area (Å²) in [6, 6.07) is 8.02. The molecule has 1 heterocycles. The van der Waals surface area contributed by atoms with Gasteiger partial charge in [-0.1, -0.05) is 23.2 Å². The minimum Gasteiger partial charge on any atom is -0.493 e. The van der Waals surface area contributed by atoms with Gasteiger partial charge in [-0.3, -0.25) is 15.0 Å². The van der Waals surface area contributed by atoms with Gasteiger partial charge in [0.15, 0.2) is 11.5 Å². The van der Waals surface area contributed by atoms with Gasteiger partial charge in [0.2, 0.25) is 0 Å². The lowest BCUT2D eigenvalue weighted by atomic mass is 10.1. The number of amides is 2. The van der Waals surface area contributed by atoms with Crippen molar-refractivity contribution in [2.75, 3.05) is 19.2 Å². The maximum absolute atomic E-state index is 12.7. The molecule has 0 unspecified atom stereocenters. The Morgan fingerprint density at radius 2 is 1.81 bits per heavy atom. The van der Waals surface area contributed by atoms with E-state index in [2.05, 4.69) is 21.4 Å². The molecule has 3 rings (SSSR count). The van der Waals surface area contributed by atoms with Gasteiger partial charge in [0.25, 0.3) is 11.8 Å². The number of hydrogen-bond acceptors (Lipinski definition) is 4. The number of anilines is 1. The lowest BCUT2D eigenvalue weighted by Crippen LogP contribution is -2.35. The van der Waals surface area contributed by atoms with Crippen molar-refractivity contribution in [2.24, 2.45) is 0 Å². The van der Waals surface area contributed by atoms with Crippen LogP contribution in [0.2, 0.25) is 10.0 Å². The number of hydrazine groups is 1. The largest absolute Gasteiger partial charge is 0.493 e. The number of halogens is 3. The summed E-state index contributed by atoms with van der Waals surface area (Å²) in [7, 11) is 3.02. The molecule has 2 aromatic rings. The number of hydrogen-bond donors (Lipinski definition) is 1. The summed E-state index contributed by atoms with van der Waals surface area (Å²) in [6.45, 7) is 0. The Bertz CT molecular complexity index is 978. The van der Waals surface area contributed by atoms with Crippen LogP contribution in [0.25, 0.3) is 6.08 Å². The molecule has 1 fully saturated rings. The number of benzene rings is 2. The summed E-state index contributed by atoms with van der Waals surface area (Å²) in [5, 5.41) is 1.74. The summed E-state index contributed by atoms with van der Waals surface area (Å²) in [6.07, 6.45) is 1.47. The van der Waals surface area contributed by atoms with Crippen molar-refractivity contribution in [2.45, 2.75) is 0 Å². The average Bonchev–Trinajstić information content (AvgIpc) is 2.91. The van der Waals surface area contributed by atoms with E-state index < -0.39 is 11.8 Å². The van der Waals surface area contributed by atoms with Crippen LogP contribution in [0.15, 0.2) is 40.4 Å². The van der Waals surface area contributed by atoms with Gasteiger partial charge >= 0.3 is 0 Å². The molecule has 0 aromatic heterocycles. The predicted octanol–water partition coefficient (Wildman–Crippen LogP) is 4.23. The zero-order valence-electron chi connectivity index (χ0n) is 14.2. The zero-order chi connectivity index (χ0) is 19.7. The van der Waals surface area contributed by atoms with E-state index >= 15 is 0 Å². The number of nitrogens with zero attached hydrogens (tertiary/aromatic N) is 1. The molecule has 0 atom stereocenters. The first-order valence-corrected chi connectivity index (χ1v) is 9.14. The second kappa shape index (κ2) is 7.80. The van der Waals surface area contributed by atoms with Crippen molar-refractivity contribution in [3.8, 4) is 11.5 Å². The Labute approximate surface area is 173 Å². The van der Waals surface area contributed by atoms with Crippen LogP contribution in [0, 0.1) is 0 Å². The molecule has 1 saturated heterocycles. The van der Waals surface area contributed by atoms with Crippen LogP contribution < -0.4 is 19.9 Å². The number of rotatable bonds is 4. The Hall–Kier alpha value is -2.22. The van der Waals surface area contributed by atoms with Gasteiger partial charge in [0, 0.05) is 0 Å². The molecule has 27 heavy (non-hydrogen) atoms. The van der Waals surface area contributed by atoms with Gasteiger partial charge in [-0.2, -0.15) is 0 Å². The Morgan fingerprint density at radius 1 is 1.07 bits per heavy atom. The quantitative estimate of drug-likeness (QED) is 0.535. The van der Waals surface area contributed by atoms with Crippen molar-refractivity contribution in [3.63, 3.8) is 0 Å². The Kier molecular flexibility index (Phi) is 5.64. The van der Waals surface area contributed by atoms with Gasteiger partial charge in [-0.25, -0.2) is 5.01 Å². The van der Waals surface area contributed by atoms with Crippen molar-refractivity contribution in [1.82, 2.24) is 5.43 Å². The van der Waals surface area contributed by atoms with Crippen LogP contribution >= 0.6 is 39.1 Å². The van der Waals surface area contributed by atoms with Gasteiger partial charge in [-0.05, 0) is 57.9 Å². The van der Waals surface area contributed by atoms with Gasteiger partial charge in [0.1, 0.15) is 5.57 Å². The van der Waals surface area contributed by atoms with Crippen LogP contribution in [0.5, 0.6) is 11.5 Å². The molecule has 0 saturated carbocycles. The molecule has 0 bridgehead atoms. The maximum Gasteiger partial charge on any atom is 0.282 e. The van der Waals surface area contributed by atoms with Crippen molar-refractivity contribution < 1.29 is 19.1 Å². The second-order valence-electron chi connectivity index (χ2n) is 5.48. The van der Waals surface area contributed by atoms with Crippen molar-refractivity contribution in [3.05, 3.63) is 56.0 Å². The molecule has 1 aliphatic rings. The van der Waals surface area contributed by atoms with Gasteiger partial charge in [-0.15, -0.1) is 0 Å². The third-order valence-corrected chi connectivity index (χ3v) is 5.15. The molecule has 6 nitrogen and oxygen atoms in total. The third-order valence-electron chi connectivity index (χ3n) is 3.82. The first kappa shape index (κ1) is 19.5. The van der Waals surface area contributed by atoms with E-state index in [1.807, 2.05) is 0 Å². The minimum atomic E-state index is -0.531. The lowest BCUT2D eigenvalue weighted by Gasteiger charge is -2.15. The highest BCUT2D eigenvalue weighted by Crippen LogP contribution is 2.37. The molecule has 9 heteroatoms. The van der Waals surface area contributed by atoms with E-state index in [-0.39, 0.29) is 10.6 Å². The van der Waals surface area contributed by atoms with Gasteiger partial charge in [0.05, 0.1) is 34.4 Å². The topological polar surface area (TPSA) is 67.9 Å². The van der Waals surface area contributed by atoms with Crippen LogP contribution in [0.4, 0.5) is 5.69 Å². The number of nitrogens with one attached hydrogen (secondary N) is 1. The Morgan fingerprint density at radius 3 is 2.44 bits per heavy atom. The van der Waals surface area contributed by atoms with Crippen molar-refractivity contribution >= 4 is 62.7 Å². The summed E-state index contributed by atoms with van der Waals surface area (Å²) < 4.78 is 11.2. The lowest BCUT2D eigenvalue weighted by molar-refractivity contribution is -0.117. The summed E-state index contributed by atoms with van der Waals surface area (Å²) in [5.74, 6) is -0.0634. The summed E-state index contributed by atoms with van der Waals surface area (Å²) >= 11 is 15.3. The van der Waals surface area contributed by atoms with Crippen LogP contribution in [-0.2, 0) is 9.59 Å². The standard InChI is InChI=1S/C18H13BrCl2N2O4/c1-26-15-7-9(6-12(19)16(15)27-2)5-11-17(24)22-23(18(11)25)10-3-4-13(20)14(21)8-10/h3-8H,1-2H3,(H,22,24)/b11-5-. The highest BCUT2D eigenvalue weighted by Gasteiger charge is 2.34. The van der Waals surface area contributed by atoms with Crippen molar-refractivity contribution in [1.29, 1.82) is 0 Å². The zero-order valence-corrected chi connectivity index (χ0v) is 17.3. The molecule has 0 radical (unpaired) electrons. The molecule has 2 aromatic carbocycles. The fourth-order valence-electron chi connectivity index (χ4n) is 2.55. The summed E-state index contributed by atoms with van der Waals surface area (Å²) in [5.41, 5.74) is 3.48. The molecular formula is C18H13BrCl2N2O4. The smallest absolute Gasteiger partial charge is 0.282 e. The molecule has 1 N–H and O–H groups in total. The van der Waals surface area contributed by atoms with E-state index in [0.29, 0.717) is 32.2 Å². The average molecular weight is 472 g/mol. The van der Waals surface area contributed by atoms with E-state index in [0.717, 1.165) is 5.01 Å². The third kappa shape index (κ3) is 3.76. The maximum atomic E-state index is 12.7.